The van der Waals surface area contributed by atoms with Crippen LogP contribution in [0.3, 0.4) is 0 Å². The maximum atomic E-state index is 11.5. The minimum atomic E-state index is -0.936. The van der Waals surface area contributed by atoms with Crippen molar-refractivity contribution in [1.29, 1.82) is 0 Å². The average Bonchev–Trinajstić information content (AvgIpc) is 3.15. The minimum Gasteiger partial charge on any atom is -0.478 e. The van der Waals surface area contributed by atoms with Gasteiger partial charge in [-0.3, -0.25) is 4.79 Å². The van der Waals surface area contributed by atoms with Crippen LogP contribution in [0.1, 0.15) is 53.9 Å². The van der Waals surface area contributed by atoms with Crippen molar-refractivity contribution < 1.29 is 14.7 Å². The Morgan fingerprint density at radius 1 is 1.35 bits per heavy atom. The second-order valence-corrected chi connectivity index (χ2v) is 8.09. The summed E-state index contributed by atoms with van der Waals surface area (Å²) in [6.07, 6.45) is 6.17. The molecule has 1 saturated heterocycles. The molecule has 1 aromatic heterocycles. The third-order valence-corrected chi connectivity index (χ3v) is 5.79. The van der Waals surface area contributed by atoms with Crippen molar-refractivity contribution in [3.63, 3.8) is 0 Å². The fourth-order valence-electron chi connectivity index (χ4n) is 3.05. The highest BCUT2D eigenvalue weighted by atomic mass is 32.1. The fourth-order valence-corrected chi connectivity index (χ4v) is 4.28. The molecule has 23 heavy (non-hydrogen) atoms. The molecule has 0 unspecified atom stereocenters. The first kappa shape index (κ1) is 17.9. The highest BCUT2D eigenvalue weighted by Gasteiger charge is 2.33. The molecule has 2 heterocycles. The van der Waals surface area contributed by atoms with Crippen molar-refractivity contribution in [1.82, 2.24) is 5.32 Å². The van der Waals surface area contributed by atoms with Gasteiger partial charge < -0.3 is 15.3 Å². The molecular weight excluding hydrogens is 312 g/mol. The number of rotatable bonds is 3. The fraction of sp³-hybridized carbons (Fsp3) is 0.647. The maximum absolute atomic E-state index is 11.5. The number of carboxylic acid groups (broad SMARTS) is 1. The molecule has 1 amide bonds. The number of hydrogen-bond donors (Lipinski definition) is 2. The number of amides is 1. The Bertz CT molecular complexity index is 569. The van der Waals surface area contributed by atoms with Crippen LogP contribution in [0.25, 0.3) is 0 Å². The summed E-state index contributed by atoms with van der Waals surface area (Å²) in [7, 11) is 1.60. The molecule has 6 heteroatoms. The van der Waals surface area contributed by atoms with E-state index in [0.717, 1.165) is 29.7 Å². The molecule has 1 aliphatic carbocycles. The molecule has 2 N–H and O–H groups in total. The van der Waals surface area contributed by atoms with Crippen molar-refractivity contribution in [2.24, 2.45) is 5.41 Å². The molecule has 0 spiro atoms. The van der Waals surface area contributed by atoms with Gasteiger partial charge in [0.15, 0.2) is 0 Å². The number of carbonyl (C=O) groups is 2. The number of anilines is 1. The smallest absolute Gasteiger partial charge is 0.339 e. The van der Waals surface area contributed by atoms with Crippen molar-refractivity contribution >= 4 is 28.7 Å². The summed E-state index contributed by atoms with van der Waals surface area (Å²) < 4.78 is 0. The topological polar surface area (TPSA) is 69.6 Å². The van der Waals surface area contributed by atoms with E-state index in [1.165, 1.54) is 42.2 Å². The highest BCUT2D eigenvalue weighted by Crippen LogP contribution is 2.44. The number of aryl methyl sites for hydroxylation is 1. The molecule has 1 aromatic rings. The lowest BCUT2D eigenvalue weighted by Gasteiger charge is -2.29. The first-order chi connectivity index (χ1) is 10.9. The summed E-state index contributed by atoms with van der Waals surface area (Å²) in [6.45, 7) is 6.81. The molecule has 3 rings (SSSR count). The Balaban J connectivity index is 0.000000326. The molecule has 5 nitrogen and oxygen atoms in total. The van der Waals surface area contributed by atoms with Crippen LogP contribution < -0.4 is 10.2 Å². The van der Waals surface area contributed by atoms with Crippen molar-refractivity contribution in [3.8, 4) is 0 Å². The van der Waals surface area contributed by atoms with Gasteiger partial charge >= 0.3 is 5.97 Å². The second kappa shape index (κ2) is 7.45. The van der Waals surface area contributed by atoms with Gasteiger partial charge in [-0.2, -0.15) is 0 Å². The van der Waals surface area contributed by atoms with Gasteiger partial charge in [-0.25, -0.2) is 4.79 Å². The van der Waals surface area contributed by atoms with Crippen molar-refractivity contribution in [2.45, 2.75) is 46.0 Å². The van der Waals surface area contributed by atoms with Crippen LogP contribution in [0.5, 0.6) is 0 Å². The zero-order valence-corrected chi connectivity index (χ0v) is 15.0. The van der Waals surface area contributed by atoms with Crippen LogP contribution in [-0.2, 0) is 17.6 Å². The lowest BCUT2D eigenvalue weighted by atomic mass is 9.76. The monoisotopic (exact) mass is 338 g/mol. The van der Waals surface area contributed by atoms with Gasteiger partial charge in [0, 0.05) is 11.9 Å². The molecule has 0 bridgehead atoms. The third-order valence-electron chi connectivity index (χ3n) is 4.41. The Morgan fingerprint density at radius 2 is 2.00 bits per heavy atom. The number of hydrogen-bond acceptors (Lipinski definition) is 4. The number of fused-ring (bicyclic) bond motifs is 1. The predicted molar refractivity (Wildman–Crippen MR) is 93.7 cm³/mol. The van der Waals surface area contributed by atoms with E-state index in [-0.39, 0.29) is 5.41 Å². The number of carbonyl (C=O) groups excluding carboxylic acids is 1. The van der Waals surface area contributed by atoms with Crippen LogP contribution in [0.4, 0.5) is 5.00 Å². The minimum absolute atomic E-state index is 0.134. The number of nitrogens with one attached hydrogen (secondary N) is 1. The Kier molecular flexibility index (Phi) is 5.81. The zero-order chi connectivity index (χ0) is 17.0. The molecule has 128 valence electrons. The predicted octanol–water partition coefficient (Wildman–Crippen LogP) is 2.92. The highest BCUT2D eigenvalue weighted by molar-refractivity contribution is 7.17. The quantitative estimate of drug-likeness (QED) is 0.832. The number of nitrogens with zero attached hydrogens (tertiary/aromatic N) is 1. The lowest BCUT2D eigenvalue weighted by molar-refractivity contribution is -0.107. The number of aromatic carboxylic acids is 1. The largest absolute Gasteiger partial charge is 0.478 e. The summed E-state index contributed by atoms with van der Waals surface area (Å²) >= 11 is 1.44. The van der Waals surface area contributed by atoms with E-state index < -0.39 is 5.97 Å². The molecule has 1 fully saturated rings. The summed E-state index contributed by atoms with van der Waals surface area (Å²) in [5.41, 5.74) is 1.37. The molecule has 0 saturated carbocycles. The van der Waals surface area contributed by atoms with E-state index in [1.807, 2.05) is 0 Å². The average molecular weight is 338 g/mol. The molecule has 0 atom stereocenters. The SMILES string of the molecule is C1CCNC1.CN(C=O)c1sc2c(c1C(=O)O)CC(C)(C)CC2. The van der Waals surface area contributed by atoms with E-state index >= 15 is 0 Å². The number of thiophene rings is 1. The van der Waals surface area contributed by atoms with Crippen molar-refractivity contribution in [3.05, 3.63) is 16.0 Å². The summed E-state index contributed by atoms with van der Waals surface area (Å²) in [4.78, 5) is 24.8. The number of carboxylic acids is 1. The molecule has 0 radical (unpaired) electrons. The van der Waals surface area contributed by atoms with Crippen LogP contribution in [-0.4, -0.2) is 37.6 Å². The first-order valence-corrected chi connectivity index (χ1v) is 8.94. The molecular formula is C17H26N2O3S. The van der Waals surface area contributed by atoms with E-state index in [0.29, 0.717) is 17.0 Å². The standard InChI is InChI=1S/C13H17NO3S.C4H9N/c1-13(2)5-4-9-8(6-13)10(12(16)17)11(18-9)14(3)7-15;1-2-4-5-3-1/h7H,4-6H2,1-3H3,(H,16,17);5H,1-4H2. The summed E-state index contributed by atoms with van der Waals surface area (Å²) in [6, 6.07) is 0. The van der Waals surface area contributed by atoms with Gasteiger partial charge in [0.25, 0.3) is 0 Å². The van der Waals surface area contributed by atoms with Gasteiger partial charge in [0.2, 0.25) is 6.41 Å². The van der Waals surface area contributed by atoms with Crippen LogP contribution in [0.15, 0.2) is 0 Å². The Morgan fingerprint density at radius 3 is 2.48 bits per heavy atom. The second-order valence-electron chi connectivity index (χ2n) is 7.00. The van der Waals surface area contributed by atoms with Gasteiger partial charge in [0.1, 0.15) is 5.00 Å². The van der Waals surface area contributed by atoms with E-state index in [9.17, 15) is 14.7 Å². The van der Waals surface area contributed by atoms with Crippen LogP contribution in [0, 0.1) is 5.41 Å². The van der Waals surface area contributed by atoms with E-state index in [4.69, 9.17) is 0 Å². The van der Waals surface area contributed by atoms with Crippen LogP contribution >= 0.6 is 11.3 Å². The first-order valence-electron chi connectivity index (χ1n) is 8.12. The Labute approximate surface area is 141 Å². The molecule has 1 aliphatic heterocycles. The molecule has 2 aliphatic rings. The van der Waals surface area contributed by atoms with Gasteiger partial charge in [-0.1, -0.05) is 13.8 Å². The summed E-state index contributed by atoms with van der Waals surface area (Å²) in [5, 5.41) is 13.2. The summed E-state index contributed by atoms with van der Waals surface area (Å²) in [5.74, 6) is -0.936. The van der Waals surface area contributed by atoms with Crippen LogP contribution in [0.2, 0.25) is 0 Å². The van der Waals surface area contributed by atoms with E-state index in [1.54, 1.807) is 7.05 Å². The lowest BCUT2D eigenvalue weighted by Crippen LogP contribution is -2.23. The van der Waals surface area contributed by atoms with Crippen molar-refractivity contribution in [2.75, 3.05) is 25.0 Å². The zero-order valence-electron chi connectivity index (χ0n) is 14.1. The molecule has 0 aromatic carbocycles. The van der Waals surface area contributed by atoms with Gasteiger partial charge in [-0.15, -0.1) is 11.3 Å². The van der Waals surface area contributed by atoms with Gasteiger partial charge in [0.05, 0.1) is 5.56 Å². The van der Waals surface area contributed by atoms with E-state index in [2.05, 4.69) is 19.2 Å². The Hall–Kier alpha value is -1.40. The van der Waals surface area contributed by atoms with Gasteiger partial charge in [-0.05, 0) is 56.2 Å². The normalized spacial score (nSPS) is 18.6. The third kappa shape index (κ3) is 4.32. The maximum Gasteiger partial charge on any atom is 0.339 e.